The first-order valence-corrected chi connectivity index (χ1v) is 13.6. The number of carbonyl (C=O) groups excluding carboxylic acids is 1. The van der Waals surface area contributed by atoms with Crippen LogP contribution in [0.15, 0.2) is 77.7 Å². The Morgan fingerprint density at radius 3 is 2.25 bits per heavy atom. The van der Waals surface area contributed by atoms with Crippen molar-refractivity contribution in [2.24, 2.45) is 5.92 Å². The maximum Gasteiger partial charge on any atom is 0.264 e. The van der Waals surface area contributed by atoms with Crippen molar-refractivity contribution in [3.63, 3.8) is 0 Å². The molecule has 0 saturated carbocycles. The molecule has 36 heavy (non-hydrogen) atoms. The Morgan fingerprint density at radius 1 is 0.944 bits per heavy atom. The molecule has 1 amide bonds. The molecule has 1 heterocycles. The molecule has 0 radical (unpaired) electrons. The summed E-state index contributed by atoms with van der Waals surface area (Å²) in [5.41, 5.74) is 1.90. The Kier molecular flexibility index (Phi) is 7.84. The summed E-state index contributed by atoms with van der Waals surface area (Å²) in [7, 11) is -3.76. The number of para-hydroxylation sites is 1. The molecular formula is C28H32N2O5S. The van der Waals surface area contributed by atoms with Gasteiger partial charge in [0.1, 0.15) is 0 Å². The smallest absolute Gasteiger partial charge is 0.264 e. The summed E-state index contributed by atoms with van der Waals surface area (Å²) in [6.07, 6.45) is 0.821. The van der Waals surface area contributed by atoms with E-state index in [0.29, 0.717) is 42.5 Å². The number of carbonyl (C=O) groups is 1. The average molecular weight is 509 g/mol. The fourth-order valence-electron chi connectivity index (χ4n) is 4.22. The van der Waals surface area contributed by atoms with Crippen molar-refractivity contribution >= 4 is 21.6 Å². The van der Waals surface area contributed by atoms with E-state index in [0.717, 1.165) is 12.0 Å². The summed E-state index contributed by atoms with van der Waals surface area (Å²) < 4.78 is 39.4. The lowest BCUT2D eigenvalue weighted by Crippen LogP contribution is -2.32. The van der Waals surface area contributed by atoms with Crippen LogP contribution in [0.25, 0.3) is 0 Å². The van der Waals surface area contributed by atoms with Crippen LogP contribution in [0.1, 0.15) is 49.2 Å². The molecule has 0 unspecified atom stereocenters. The van der Waals surface area contributed by atoms with Gasteiger partial charge in [-0.2, -0.15) is 0 Å². The summed E-state index contributed by atoms with van der Waals surface area (Å²) in [6, 6.07) is 20.5. The Balaban J connectivity index is 1.53. The number of rotatable bonds is 8. The second kappa shape index (κ2) is 11.0. The number of hydrogen-bond acceptors (Lipinski definition) is 5. The van der Waals surface area contributed by atoms with Gasteiger partial charge in [0, 0.05) is 18.5 Å². The maximum absolute atomic E-state index is 13.2. The average Bonchev–Trinajstić information content (AvgIpc) is 3.13. The fourth-order valence-corrected chi connectivity index (χ4v) is 5.70. The number of benzene rings is 3. The molecule has 0 spiro atoms. The summed E-state index contributed by atoms with van der Waals surface area (Å²) >= 11 is 0. The molecule has 3 aromatic carbocycles. The van der Waals surface area contributed by atoms with E-state index in [4.69, 9.17) is 9.47 Å². The molecule has 8 heteroatoms. The molecule has 1 atom stereocenters. The molecule has 7 nitrogen and oxygen atoms in total. The van der Waals surface area contributed by atoms with E-state index < -0.39 is 10.0 Å². The Morgan fingerprint density at radius 2 is 1.61 bits per heavy atom. The minimum Gasteiger partial charge on any atom is -0.490 e. The molecular weight excluding hydrogens is 476 g/mol. The van der Waals surface area contributed by atoms with Crippen LogP contribution in [0.4, 0.5) is 5.69 Å². The predicted molar refractivity (Wildman–Crippen MR) is 140 cm³/mol. The second-order valence-electron chi connectivity index (χ2n) is 8.98. The standard InChI is InChI=1S/C28H32N2O5S/c1-4-30(23-9-6-5-7-10-23)36(32,33)24-14-11-21(12-15-24)28(31)29-27(20(2)3)22-13-16-25-26(19-22)35-18-8-17-34-25/h5-7,9-16,19-20,27H,4,8,17-18H2,1-3H3,(H,29,31)/t27-/m0/s1. The molecule has 0 saturated heterocycles. The van der Waals surface area contributed by atoms with Gasteiger partial charge in [0.15, 0.2) is 11.5 Å². The number of amides is 1. The SMILES string of the molecule is CCN(c1ccccc1)S(=O)(=O)c1ccc(C(=O)N[C@H](c2ccc3c(c2)OCCCO3)C(C)C)cc1. The zero-order valence-electron chi connectivity index (χ0n) is 20.8. The van der Waals surface area contributed by atoms with Gasteiger partial charge in [-0.15, -0.1) is 0 Å². The third-order valence-corrected chi connectivity index (χ3v) is 8.04. The van der Waals surface area contributed by atoms with E-state index in [-0.39, 0.29) is 22.8 Å². The number of fused-ring (bicyclic) bond motifs is 1. The topological polar surface area (TPSA) is 84.9 Å². The van der Waals surface area contributed by atoms with Crippen LogP contribution in [-0.4, -0.2) is 34.1 Å². The lowest BCUT2D eigenvalue weighted by Gasteiger charge is -2.24. The van der Waals surface area contributed by atoms with E-state index in [9.17, 15) is 13.2 Å². The summed E-state index contributed by atoms with van der Waals surface area (Å²) in [6.45, 7) is 7.35. The van der Waals surface area contributed by atoms with Gasteiger partial charge in [-0.1, -0.05) is 38.1 Å². The molecule has 3 aromatic rings. The van der Waals surface area contributed by atoms with Gasteiger partial charge in [0.05, 0.1) is 29.8 Å². The zero-order valence-corrected chi connectivity index (χ0v) is 21.6. The number of nitrogens with one attached hydrogen (secondary N) is 1. The van der Waals surface area contributed by atoms with Gasteiger partial charge in [-0.05, 0) is 66.9 Å². The first-order chi connectivity index (χ1) is 17.3. The summed E-state index contributed by atoms with van der Waals surface area (Å²) in [4.78, 5) is 13.3. The number of nitrogens with zero attached hydrogens (tertiary/aromatic N) is 1. The number of sulfonamides is 1. The van der Waals surface area contributed by atoms with Gasteiger partial charge in [0.2, 0.25) is 0 Å². The summed E-state index contributed by atoms with van der Waals surface area (Å²) in [5.74, 6) is 1.22. The first-order valence-electron chi connectivity index (χ1n) is 12.2. The highest BCUT2D eigenvalue weighted by Crippen LogP contribution is 2.34. The van der Waals surface area contributed by atoms with Crippen molar-refractivity contribution in [1.29, 1.82) is 0 Å². The third-order valence-electron chi connectivity index (χ3n) is 6.12. The molecule has 190 valence electrons. The van der Waals surface area contributed by atoms with Crippen molar-refractivity contribution in [2.75, 3.05) is 24.1 Å². The lowest BCUT2D eigenvalue weighted by atomic mass is 9.95. The van der Waals surface area contributed by atoms with E-state index in [1.165, 1.54) is 16.4 Å². The maximum atomic E-state index is 13.2. The van der Waals surface area contributed by atoms with E-state index in [1.807, 2.05) is 38.1 Å². The first kappa shape index (κ1) is 25.6. The number of hydrogen-bond donors (Lipinski definition) is 1. The molecule has 4 rings (SSSR count). The summed E-state index contributed by atoms with van der Waals surface area (Å²) in [5, 5.41) is 3.09. The van der Waals surface area contributed by atoms with Gasteiger partial charge >= 0.3 is 0 Å². The van der Waals surface area contributed by atoms with Crippen molar-refractivity contribution in [1.82, 2.24) is 5.32 Å². The molecule has 1 aliphatic heterocycles. The van der Waals surface area contributed by atoms with Crippen molar-refractivity contribution in [3.05, 3.63) is 83.9 Å². The van der Waals surface area contributed by atoms with Crippen LogP contribution >= 0.6 is 0 Å². The van der Waals surface area contributed by atoms with Gasteiger partial charge in [-0.25, -0.2) is 8.42 Å². The molecule has 0 bridgehead atoms. The van der Waals surface area contributed by atoms with Crippen molar-refractivity contribution in [2.45, 2.75) is 38.1 Å². The second-order valence-corrected chi connectivity index (χ2v) is 10.8. The van der Waals surface area contributed by atoms with Crippen molar-refractivity contribution < 1.29 is 22.7 Å². The van der Waals surface area contributed by atoms with E-state index >= 15 is 0 Å². The van der Waals surface area contributed by atoms with Gasteiger partial charge in [-0.3, -0.25) is 9.10 Å². The Labute approximate surface area is 213 Å². The van der Waals surface area contributed by atoms with E-state index in [1.54, 1.807) is 43.3 Å². The van der Waals surface area contributed by atoms with Crippen LogP contribution in [0, 0.1) is 5.92 Å². The highest BCUT2D eigenvalue weighted by molar-refractivity contribution is 7.92. The van der Waals surface area contributed by atoms with Crippen molar-refractivity contribution in [3.8, 4) is 11.5 Å². The predicted octanol–water partition coefficient (Wildman–Crippen LogP) is 5.19. The van der Waals surface area contributed by atoms with Crippen LogP contribution in [0.3, 0.4) is 0 Å². The highest BCUT2D eigenvalue weighted by Gasteiger charge is 2.25. The Bertz CT molecular complexity index is 1290. The fraction of sp³-hybridized carbons (Fsp3) is 0.321. The molecule has 0 aromatic heterocycles. The molecule has 1 aliphatic rings. The minimum atomic E-state index is -3.76. The van der Waals surface area contributed by atoms with Crippen LogP contribution in [0.2, 0.25) is 0 Å². The number of ether oxygens (including phenoxy) is 2. The normalized spacial score (nSPS) is 14.1. The van der Waals surface area contributed by atoms with Crippen LogP contribution in [0.5, 0.6) is 11.5 Å². The number of anilines is 1. The molecule has 0 aliphatic carbocycles. The monoisotopic (exact) mass is 508 g/mol. The van der Waals surface area contributed by atoms with Gasteiger partial charge < -0.3 is 14.8 Å². The highest BCUT2D eigenvalue weighted by atomic mass is 32.2. The van der Waals surface area contributed by atoms with Crippen LogP contribution in [-0.2, 0) is 10.0 Å². The third kappa shape index (κ3) is 5.49. The largest absolute Gasteiger partial charge is 0.490 e. The zero-order chi connectivity index (χ0) is 25.7. The quantitative estimate of drug-likeness (QED) is 0.453. The van der Waals surface area contributed by atoms with Gasteiger partial charge in [0.25, 0.3) is 15.9 Å². The Hall–Kier alpha value is -3.52. The molecule has 1 N–H and O–H groups in total. The minimum absolute atomic E-state index is 0.113. The lowest BCUT2D eigenvalue weighted by molar-refractivity contribution is 0.0925. The molecule has 0 fully saturated rings. The van der Waals surface area contributed by atoms with E-state index in [2.05, 4.69) is 5.32 Å². The van der Waals surface area contributed by atoms with Crippen LogP contribution < -0.4 is 19.1 Å².